The number of aliphatic hydroxyl groups is 1. The van der Waals surface area contributed by atoms with Crippen molar-refractivity contribution in [1.82, 2.24) is 9.55 Å². The molecule has 0 aliphatic carbocycles. The van der Waals surface area contributed by atoms with Crippen molar-refractivity contribution >= 4 is 24.2 Å². The fraction of sp³-hybridized carbons (Fsp3) is 0.118. The lowest BCUT2D eigenvalue weighted by Gasteiger charge is -2.13. The smallest absolute Gasteiger partial charge is 0.0969 e. The molecular formula is C17H17ClN2OS. The lowest BCUT2D eigenvalue weighted by molar-refractivity contribution is 0.156. The van der Waals surface area contributed by atoms with Crippen LogP contribution in [0.15, 0.2) is 83.1 Å². The van der Waals surface area contributed by atoms with Gasteiger partial charge >= 0.3 is 0 Å². The molecule has 3 rings (SSSR count). The summed E-state index contributed by atoms with van der Waals surface area (Å²) in [4.78, 5) is 6.31. The quantitative estimate of drug-likeness (QED) is 0.761. The van der Waals surface area contributed by atoms with E-state index in [1.807, 2.05) is 47.2 Å². The molecule has 2 aromatic carbocycles. The molecule has 114 valence electrons. The maximum absolute atomic E-state index is 10.3. The fourth-order valence-corrected chi connectivity index (χ4v) is 3.02. The van der Waals surface area contributed by atoms with E-state index in [0.29, 0.717) is 6.54 Å². The Bertz CT molecular complexity index is 689. The molecule has 1 unspecified atom stereocenters. The van der Waals surface area contributed by atoms with Crippen LogP contribution in [0.5, 0.6) is 0 Å². The standard InChI is InChI=1S/C17H16N2OS.ClH/c20-17(12-19-10-9-18-13-19)14-5-4-8-16(11-14)21-15-6-2-1-3-7-15;/h1-11,13,17,20H,12H2;1H. The molecular weight excluding hydrogens is 316 g/mol. The van der Waals surface area contributed by atoms with E-state index >= 15 is 0 Å². The number of hydrogen-bond donors (Lipinski definition) is 1. The monoisotopic (exact) mass is 332 g/mol. The van der Waals surface area contributed by atoms with E-state index in [-0.39, 0.29) is 12.4 Å². The molecule has 0 saturated heterocycles. The van der Waals surface area contributed by atoms with E-state index in [1.165, 1.54) is 4.90 Å². The third-order valence-electron chi connectivity index (χ3n) is 3.16. The van der Waals surface area contributed by atoms with Gasteiger partial charge in [0.1, 0.15) is 0 Å². The number of aliphatic hydroxyl groups excluding tert-OH is 1. The minimum absolute atomic E-state index is 0. The Balaban J connectivity index is 0.00000176. The summed E-state index contributed by atoms with van der Waals surface area (Å²) < 4.78 is 1.88. The summed E-state index contributed by atoms with van der Waals surface area (Å²) in [6.45, 7) is 0.513. The lowest BCUT2D eigenvalue weighted by Crippen LogP contribution is -2.07. The maximum atomic E-state index is 10.3. The third-order valence-corrected chi connectivity index (χ3v) is 4.16. The molecule has 0 aliphatic rings. The normalized spacial score (nSPS) is 11.7. The predicted molar refractivity (Wildman–Crippen MR) is 91.4 cm³/mol. The molecule has 0 saturated carbocycles. The third kappa shape index (κ3) is 4.37. The molecule has 1 atom stereocenters. The Morgan fingerprint density at radius 3 is 2.55 bits per heavy atom. The van der Waals surface area contributed by atoms with Crippen molar-refractivity contribution in [2.24, 2.45) is 0 Å². The Hall–Kier alpha value is -1.75. The van der Waals surface area contributed by atoms with Crippen LogP contribution in [0.25, 0.3) is 0 Å². The zero-order valence-electron chi connectivity index (χ0n) is 11.9. The van der Waals surface area contributed by atoms with Crippen molar-refractivity contribution in [3.63, 3.8) is 0 Å². The van der Waals surface area contributed by atoms with Gasteiger partial charge in [-0.15, -0.1) is 12.4 Å². The zero-order valence-corrected chi connectivity index (χ0v) is 13.5. The molecule has 22 heavy (non-hydrogen) atoms. The van der Waals surface area contributed by atoms with Gasteiger partial charge in [0.05, 0.1) is 19.0 Å². The minimum Gasteiger partial charge on any atom is -0.387 e. The first kappa shape index (κ1) is 16.6. The molecule has 5 heteroatoms. The summed E-state index contributed by atoms with van der Waals surface area (Å²) in [6, 6.07) is 18.3. The second-order valence-corrected chi connectivity index (χ2v) is 5.91. The highest BCUT2D eigenvalue weighted by molar-refractivity contribution is 7.99. The first-order valence-electron chi connectivity index (χ1n) is 6.78. The number of nitrogens with zero attached hydrogens (tertiary/aromatic N) is 2. The largest absolute Gasteiger partial charge is 0.387 e. The SMILES string of the molecule is Cl.OC(Cn1ccnc1)c1cccc(Sc2ccccc2)c1. The highest BCUT2D eigenvalue weighted by atomic mass is 35.5. The van der Waals surface area contributed by atoms with Crippen molar-refractivity contribution < 1.29 is 5.11 Å². The number of rotatable bonds is 5. The number of aromatic nitrogens is 2. The predicted octanol–water partition coefficient (Wildman–Crippen LogP) is 4.19. The number of benzene rings is 2. The topological polar surface area (TPSA) is 38.0 Å². The van der Waals surface area contributed by atoms with Gasteiger partial charge < -0.3 is 9.67 Å². The highest BCUT2D eigenvalue weighted by Gasteiger charge is 2.09. The van der Waals surface area contributed by atoms with Gasteiger partial charge in [0.2, 0.25) is 0 Å². The Morgan fingerprint density at radius 1 is 1.05 bits per heavy atom. The van der Waals surface area contributed by atoms with E-state index < -0.39 is 6.10 Å². The van der Waals surface area contributed by atoms with Crippen LogP contribution in [-0.4, -0.2) is 14.7 Å². The van der Waals surface area contributed by atoms with E-state index in [1.54, 1.807) is 24.3 Å². The molecule has 3 aromatic rings. The van der Waals surface area contributed by atoms with Crippen LogP contribution in [0.3, 0.4) is 0 Å². The van der Waals surface area contributed by atoms with Crippen LogP contribution in [0.2, 0.25) is 0 Å². The fourth-order valence-electron chi connectivity index (χ4n) is 2.11. The van der Waals surface area contributed by atoms with Gasteiger partial charge in [-0.25, -0.2) is 4.98 Å². The van der Waals surface area contributed by atoms with Gasteiger partial charge in [0, 0.05) is 22.2 Å². The molecule has 1 N–H and O–H groups in total. The number of hydrogen-bond acceptors (Lipinski definition) is 3. The molecule has 0 amide bonds. The number of imidazole rings is 1. The van der Waals surface area contributed by atoms with Gasteiger partial charge in [0.15, 0.2) is 0 Å². The molecule has 0 aliphatic heterocycles. The average Bonchev–Trinajstić information content (AvgIpc) is 3.01. The Morgan fingerprint density at radius 2 is 1.82 bits per heavy atom. The molecule has 1 heterocycles. The van der Waals surface area contributed by atoms with E-state index in [2.05, 4.69) is 23.2 Å². The zero-order chi connectivity index (χ0) is 14.5. The van der Waals surface area contributed by atoms with E-state index in [0.717, 1.165) is 10.5 Å². The van der Waals surface area contributed by atoms with Crippen molar-refractivity contribution in [1.29, 1.82) is 0 Å². The van der Waals surface area contributed by atoms with Crippen LogP contribution < -0.4 is 0 Å². The first-order chi connectivity index (χ1) is 10.3. The van der Waals surface area contributed by atoms with E-state index in [4.69, 9.17) is 0 Å². The van der Waals surface area contributed by atoms with E-state index in [9.17, 15) is 5.11 Å². The molecule has 0 radical (unpaired) electrons. The first-order valence-corrected chi connectivity index (χ1v) is 7.59. The minimum atomic E-state index is -0.532. The van der Waals surface area contributed by atoms with Crippen molar-refractivity contribution in [3.05, 3.63) is 78.9 Å². The second kappa shape index (κ2) is 8.03. The van der Waals surface area contributed by atoms with Gasteiger partial charge in [-0.05, 0) is 29.8 Å². The lowest BCUT2D eigenvalue weighted by atomic mass is 10.1. The van der Waals surface area contributed by atoms with Crippen LogP contribution in [0.1, 0.15) is 11.7 Å². The number of halogens is 1. The van der Waals surface area contributed by atoms with Crippen molar-refractivity contribution in [3.8, 4) is 0 Å². The van der Waals surface area contributed by atoms with Gasteiger partial charge in [-0.1, -0.05) is 42.1 Å². The Kier molecular flexibility index (Phi) is 6.07. The van der Waals surface area contributed by atoms with Gasteiger partial charge in [-0.2, -0.15) is 0 Å². The summed E-state index contributed by atoms with van der Waals surface area (Å²) >= 11 is 1.70. The van der Waals surface area contributed by atoms with Crippen molar-refractivity contribution in [2.75, 3.05) is 0 Å². The molecule has 3 nitrogen and oxygen atoms in total. The highest BCUT2D eigenvalue weighted by Crippen LogP contribution is 2.29. The average molecular weight is 333 g/mol. The second-order valence-electron chi connectivity index (χ2n) is 4.76. The summed E-state index contributed by atoms with van der Waals surface area (Å²) in [5.74, 6) is 0. The maximum Gasteiger partial charge on any atom is 0.0969 e. The summed E-state index contributed by atoms with van der Waals surface area (Å²) in [7, 11) is 0. The molecule has 0 fully saturated rings. The van der Waals surface area contributed by atoms with Gasteiger partial charge in [-0.3, -0.25) is 0 Å². The summed E-state index contributed by atoms with van der Waals surface area (Å²) in [6.07, 6.45) is 4.75. The van der Waals surface area contributed by atoms with Crippen LogP contribution >= 0.6 is 24.2 Å². The van der Waals surface area contributed by atoms with Crippen molar-refractivity contribution in [2.45, 2.75) is 22.4 Å². The van der Waals surface area contributed by atoms with Crippen LogP contribution in [-0.2, 0) is 6.54 Å². The van der Waals surface area contributed by atoms with Crippen LogP contribution in [0, 0.1) is 0 Å². The molecule has 0 spiro atoms. The Labute approximate surface area is 140 Å². The summed E-state index contributed by atoms with van der Waals surface area (Å²) in [5, 5.41) is 10.3. The van der Waals surface area contributed by atoms with Crippen LogP contribution in [0.4, 0.5) is 0 Å². The summed E-state index contributed by atoms with van der Waals surface area (Å²) in [5.41, 5.74) is 0.921. The molecule has 1 aromatic heterocycles. The molecule has 0 bridgehead atoms. The van der Waals surface area contributed by atoms with Gasteiger partial charge in [0.25, 0.3) is 0 Å².